The molecule has 1 N–H and O–H groups in total. The van der Waals surface area contributed by atoms with Gasteiger partial charge < -0.3 is 9.84 Å². The number of hydrogen-bond donors (Lipinski definition) is 1. The van der Waals surface area contributed by atoms with Gasteiger partial charge in [0, 0.05) is 12.8 Å². The monoisotopic (exact) mass is 562 g/mol. The van der Waals surface area contributed by atoms with Crippen LogP contribution in [0.1, 0.15) is 187 Å². The number of carbonyl (C=O) groups excluding carboxylic acids is 1. The van der Waals surface area contributed by atoms with Gasteiger partial charge >= 0.3 is 11.9 Å². The number of rotatable bonds is 31. The fourth-order valence-electron chi connectivity index (χ4n) is 5.10. The maximum atomic E-state index is 12.4. The summed E-state index contributed by atoms with van der Waals surface area (Å²) < 4.78 is 5.83. The average Bonchev–Trinajstić information content (AvgIpc) is 2.93. The summed E-state index contributed by atoms with van der Waals surface area (Å²) in [5, 5.41) is 8.86. The molecule has 1 atom stereocenters. The van der Waals surface area contributed by atoms with Crippen LogP contribution < -0.4 is 0 Å². The molecule has 0 aliphatic heterocycles. The van der Waals surface area contributed by atoms with Gasteiger partial charge in [0.25, 0.3) is 0 Å². The Morgan fingerprint density at radius 1 is 0.550 bits per heavy atom. The van der Waals surface area contributed by atoms with Gasteiger partial charge in [0.1, 0.15) is 6.10 Å². The summed E-state index contributed by atoms with van der Waals surface area (Å²) in [6.45, 7) is 4.48. The molecule has 4 nitrogen and oxygen atoms in total. The van der Waals surface area contributed by atoms with E-state index in [0.29, 0.717) is 12.8 Å². The Hall–Kier alpha value is -1.58. The minimum Gasteiger partial charge on any atom is -0.481 e. The SMILES string of the molecule is CCCCC/C=C\C/C=C\CCCCCCCCCCCC(=O)OC(CCCCCCCC)CCCCC(=O)O. The predicted octanol–water partition coefficient (Wildman–Crippen LogP) is 11.7. The van der Waals surface area contributed by atoms with Gasteiger partial charge in [-0.3, -0.25) is 9.59 Å². The van der Waals surface area contributed by atoms with E-state index in [4.69, 9.17) is 9.84 Å². The largest absolute Gasteiger partial charge is 0.481 e. The third kappa shape index (κ3) is 31.0. The van der Waals surface area contributed by atoms with E-state index in [1.54, 1.807) is 0 Å². The molecule has 0 heterocycles. The molecule has 0 aliphatic carbocycles. The molecule has 0 saturated heterocycles. The van der Waals surface area contributed by atoms with Crippen LogP contribution in [0, 0.1) is 0 Å². The topological polar surface area (TPSA) is 63.6 Å². The highest BCUT2D eigenvalue weighted by molar-refractivity contribution is 5.69. The Kier molecular flexibility index (Phi) is 30.7. The lowest BCUT2D eigenvalue weighted by atomic mass is 10.0. The third-order valence-electron chi connectivity index (χ3n) is 7.68. The van der Waals surface area contributed by atoms with Gasteiger partial charge in [-0.15, -0.1) is 0 Å². The first-order chi connectivity index (χ1) is 19.6. The molecule has 4 heteroatoms. The van der Waals surface area contributed by atoms with Gasteiger partial charge in [0.15, 0.2) is 0 Å². The normalized spacial score (nSPS) is 12.4. The van der Waals surface area contributed by atoms with Gasteiger partial charge in [0.2, 0.25) is 0 Å². The Morgan fingerprint density at radius 3 is 1.55 bits per heavy atom. The summed E-state index contributed by atoms with van der Waals surface area (Å²) in [5.41, 5.74) is 0. The van der Waals surface area contributed by atoms with Crippen molar-refractivity contribution in [1.29, 1.82) is 0 Å². The highest BCUT2D eigenvalue weighted by Crippen LogP contribution is 2.18. The molecule has 0 fully saturated rings. The lowest BCUT2D eigenvalue weighted by molar-refractivity contribution is -0.150. The summed E-state index contributed by atoms with van der Waals surface area (Å²) in [4.78, 5) is 23.2. The fraction of sp³-hybridized carbons (Fsp3) is 0.833. The summed E-state index contributed by atoms with van der Waals surface area (Å²) in [6.07, 6.45) is 39.1. The van der Waals surface area contributed by atoms with Crippen LogP contribution in [0.5, 0.6) is 0 Å². The number of esters is 1. The smallest absolute Gasteiger partial charge is 0.306 e. The van der Waals surface area contributed by atoms with Crippen LogP contribution in [-0.2, 0) is 14.3 Å². The first kappa shape index (κ1) is 38.4. The van der Waals surface area contributed by atoms with Crippen molar-refractivity contribution in [3.8, 4) is 0 Å². The second-order valence-corrected chi connectivity index (χ2v) is 11.7. The Morgan fingerprint density at radius 2 is 0.975 bits per heavy atom. The van der Waals surface area contributed by atoms with Gasteiger partial charge in [-0.05, 0) is 70.6 Å². The van der Waals surface area contributed by atoms with Crippen molar-refractivity contribution in [1.82, 2.24) is 0 Å². The van der Waals surface area contributed by atoms with Crippen molar-refractivity contribution in [3.05, 3.63) is 24.3 Å². The van der Waals surface area contributed by atoms with Crippen LogP contribution in [0.15, 0.2) is 24.3 Å². The van der Waals surface area contributed by atoms with Gasteiger partial charge in [-0.25, -0.2) is 0 Å². The maximum absolute atomic E-state index is 12.4. The second-order valence-electron chi connectivity index (χ2n) is 11.7. The van der Waals surface area contributed by atoms with Crippen LogP contribution >= 0.6 is 0 Å². The average molecular weight is 563 g/mol. The van der Waals surface area contributed by atoms with E-state index < -0.39 is 5.97 Å². The van der Waals surface area contributed by atoms with E-state index in [-0.39, 0.29) is 18.5 Å². The number of ether oxygens (including phenoxy) is 1. The van der Waals surface area contributed by atoms with E-state index in [0.717, 1.165) is 44.9 Å². The molecule has 234 valence electrons. The van der Waals surface area contributed by atoms with Crippen molar-refractivity contribution in [2.24, 2.45) is 0 Å². The van der Waals surface area contributed by atoms with E-state index in [1.165, 1.54) is 109 Å². The molecular weight excluding hydrogens is 496 g/mol. The standard InChI is InChI=1S/C36H66O4/c1-3-5-7-9-11-12-13-14-15-16-17-18-19-20-21-22-23-25-27-33-36(39)40-34(31-28-29-32-35(37)38)30-26-24-10-8-6-4-2/h11-12,14-15,34H,3-10,13,16-33H2,1-2H3,(H,37,38)/b12-11-,15-14-. The quantitative estimate of drug-likeness (QED) is 0.0518. The fourth-order valence-corrected chi connectivity index (χ4v) is 5.10. The van der Waals surface area contributed by atoms with Crippen LogP contribution in [0.4, 0.5) is 0 Å². The molecule has 0 saturated carbocycles. The van der Waals surface area contributed by atoms with Gasteiger partial charge in [-0.1, -0.05) is 128 Å². The number of carboxylic acid groups (broad SMARTS) is 1. The lowest BCUT2D eigenvalue weighted by Crippen LogP contribution is -2.18. The zero-order chi connectivity index (χ0) is 29.4. The number of unbranched alkanes of at least 4 members (excludes halogenated alkanes) is 18. The van der Waals surface area contributed by atoms with Crippen LogP contribution in [0.3, 0.4) is 0 Å². The highest BCUT2D eigenvalue weighted by atomic mass is 16.5. The molecule has 0 radical (unpaired) electrons. The molecule has 0 aromatic rings. The molecule has 0 spiro atoms. The summed E-state index contributed by atoms with van der Waals surface area (Å²) in [7, 11) is 0. The van der Waals surface area contributed by atoms with E-state index in [2.05, 4.69) is 38.2 Å². The minimum atomic E-state index is -0.746. The molecule has 0 aliphatic rings. The summed E-state index contributed by atoms with van der Waals surface area (Å²) in [6, 6.07) is 0. The van der Waals surface area contributed by atoms with Crippen LogP contribution in [0.25, 0.3) is 0 Å². The molecule has 0 amide bonds. The van der Waals surface area contributed by atoms with Crippen molar-refractivity contribution >= 4 is 11.9 Å². The number of aliphatic carboxylic acids is 1. The molecule has 40 heavy (non-hydrogen) atoms. The Labute approximate surface area is 248 Å². The molecule has 0 aromatic heterocycles. The van der Waals surface area contributed by atoms with E-state index >= 15 is 0 Å². The van der Waals surface area contributed by atoms with Crippen LogP contribution in [0.2, 0.25) is 0 Å². The zero-order valence-electron chi connectivity index (χ0n) is 26.7. The first-order valence-electron chi connectivity index (χ1n) is 17.3. The maximum Gasteiger partial charge on any atom is 0.306 e. The van der Waals surface area contributed by atoms with E-state index in [1.807, 2.05) is 0 Å². The van der Waals surface area contributed by atoms with Crippen molar-refractivity contribution in [2.45, 2.75) is 193 Å². The second kappa shape index (κ2) is 31.9. The zero-order valence-corrected chi connectivity index (χ0v) is 26.7. The Bertz CT molecular complexity index is 610. The molecule has 0 rings (SSSR count). The number of carboxylic acids is 1. The molecule has 0 bridgehead atoms. The Balaban J connectivity index is 3.74. The van der Waals surface area contributed by atoms with E-state index in [9.17, 15) is 9.59 Å². The number of hydrogen-bond acceptors (Lipinski definition) is 3. The lowest BCUT2D eigenvalue weighted by Gasteiger charge is -2.18. The van der Waals surface area contributed by atoms with Crippen molar-refractivity contribution < 1.29 is 19.4 Å². The molecule has 1 unspecified atom stereocenters. The summed E-state index contributed by atoms with van der Waals surface area (Å²) >= 11 is 0. The van der Waals surface area contributed by atoms with Crippen LogP contribution in [-0.4, -0.2) is 23.1 Å². The number of carbonyl (C=O) groups is 2. The van der Waals surface area contributed by atoms with Gasteiger partial charge in [0.05, 0.1) is 0 Å². The molecular formula is C36H66O4. The number of allylic oxidation sites excluding steroid dienone is 4. The van der Waals surface area contributed by atoms with Gasteiger partial charge in [-0.2, -0.15) is 0 Å². The highest BCUT2D eigenvalue weighted by Gasteiger charge is 2.14. The third-order valence-corrected chi connectivity index (χ3v) is 7.68. The van der Waals surface area contributed by atoms with Crippen molar-refractivity contribution in [2.75, 3.05) is 0 Å². The van der Waals surface area contributed by atoms with Crippen molar-refractivity contribution in [3.63, 3.8) is 0 Å². The first-order valence-corrected chi connectivity index (χ1v) is 17.3. The minimum absolute atomic E-state index is 0.0416. The summed E-state index contributed by atoms with van der Waals surface area (Å²) in [5.74, 6) is -0.810. The molecule has 0 aromatic carbocycles. The predicted molar refractivity (Wildman–Crippen MR) is 172 cm³/mol.